The molecule has 2 aliphatic carbocycles. The van der Waals surface area contributed by atoms with Gasteiger partial charge in [-0.25, -0.2) is 9.37 Å². The predicted octanol–water partition coefficient (Wildman–Crippen LogP) is 3.57. The van der Waals surface area contributed by atoms with Crippen molar-refractivity contribution in [2.45, 2.75) is 64.8 Å². The number of hydrogen-bond acceptors (Lipinski definition) is 5. The fraction of sp³-hybridized carbons (Fsp3) is 0.500. The Kier molecular flexibility index (Phi) is 4.58. The highest BCUT2D eigenvalue weighted by Gasteiger charge is 2.58. The summed E-state index contributed by atoms with van der Waals surface area (Å²) < 4.78 is 32.4. The number of hydrogen-bond donors (Lipinski definition) is 0. The monoisotopic (exact) mass is 423 g/mol. The number of nitrogens with zero attached hydrogens (tertiary/aromatic N) is 1. The lowest BCUT2D eigenvalue weighted by atomic mass is 9.78. The van der Waals surface area contributed by atoms with Crippen LogP contribution in [0.25, 0.3) is 0 Å². The van der Waals surface area contributed by atoms with Crippen LogP contribution in [-0.4, -0.2) is 29.1 Å². The van der Waals surface area contributed by atoms with Crippen LogP contribution in [0.2, 0.25) is 0 Å². The molecule has 0 unspecified atom stereocenters. The third kappa shape index (κ3) is 3.38. The van der Waals surface area contributed by atoms with Gasteiger partial charge in [0.25, 0.3) is 0 Å². The van der Waals surface area contributed by atoms with Crippen LogP contribution in [0.3, 0.4) is 0 Å². The van der Waals surface area contributed by atoms with Crippen LogP contribution in [0.5, 0.6) is 5.88 Å². The zero-order valence-electron chi connectivity index (χ0n) is 18.6. The van der Waals surface area contributed by atoms with Crippen LogP contribution in [0.15, 0.2) is 30.5 Å². The molecular weight excluding hydrogens is 396 g/mol. The molecule has 0 bridgehead atoms. The van der Waals surface area contributed by atoms with Gasteiger partial charge in [0.05, 0.1) is 11.2 Å². The number of carbonyl (C=O) groups is 1. The number of Topliss-reactive ketones (excluding diaryl/α,β-unsaturated/α-hetero) is 1. The molecule has 0 radical (unpaired) electrons. The van der Waals surface area contributed by atoms with Crippen LogP contribution in [0.1, 0.15) is 57.2 Å². The zero-order chi connectivity index (χ0) is 22.1. The maximum atomic E-state index is 14.4. The summed E-state index contributed by atoms with van der Waals surface area (Å²) in [5, 5.41) is 0. The summed E-state index contributed by atoms with van der Waals surface area (Å²) in [7, 11) is -0.552. The Balaban J connectivity index is 1.29. The lowest BCUT2D eigenvalue weighted by Crippen LogP contribution is -2.41. The smallest absolute Gasteiger partial charge is 0.473 e. The molecule has 1 saturated heterocycles. The standard InChI is InChI=1S/C24H27BFNO4/c1-13(28)21-17-9-14-10-20(27-11-18(14)22(17)21)29-12-15-8-16(6-7-19(15)26)25-30-23(2,3)24(4,5)31-25/h6-8,10-11,17,21-22H,9,12H2,1-5H3/t17-,21-,22+/m0/s1. The molecule has 2 heterocycles. The first-order chi connectivity index (χ1) is 14.6. The molecular formula is C24H27BFNO4. The molecule has 1 aliphatic heterocycles. The Hall–Kier alpha value is -2.25. The van der Waals surface area contributed by atoms with Gasteiger partial charge in [-0.3, -0.25) is 4.79 Å². The number of fused-ring (bicyclic) bond motifs is 3. The van der Waals surface area contributed by atoms with E-state index in [9.17, 15) is 9.18 Å². The normalized spacial score (nSPS) is 27.0. The third-order valence-corrected chi connectivity index (χ3v) is 7.42. The molecule has 2 fully saturated rings. The highest BCUT2D eigenvalue weighted by atomic mass is 19.1. The minimum absolute atomic E-state index is 0.0634. The summed E-state index contributed by atoms with van der Waals surface area (Å²) in [5.41, 5.74) is 2.61. The molecule has 1 aromatic heterocycles. The van der Waals surface area contributed by atoms with Gasteiger partial charge in [-0.2, -0.15) is 0 Å². The van der Waals surface area contributed by atoms with E-state index in [2.05, 4.69) is 4.98 Å². The number of ketones is 1. The van der Waals surface area contributed by atoms with E-state index in [0.29, 0.717) is 23.3 Å². The van der Waals surface area contributed by atoms with Crippen LogP contribution in [-0.2, 0) is 27.1 Å². The molecule has 31 heavy (non-hydrogen) atoms. The van der Waals surface area contributed by atoms with Gasteiger partial charge in [-0.1, -0.05) is 12.1 Å². The molecule has 162 valence electrons. The van der Waals surface area contributed by atoms with E-state index in [1.165, 1.54) is 11.6 Å². The van der Waals surface area contributed by atoms with E-state index in [0.717, 1.165) is 17.4 Å². The van der Waals surface area contributed by atoms with Gasteiger partial charge in [0.15, 0.2) is 0 Å². The number of aromatic nitrogens is 1. The second-order valence-corrected chi connectivity index (χ2v) is 9.98. The topological polar surface area (TPSA) is 57.7 Å². The van der Waals surface area contributed by atoms with Gasteiger partial charge >= 0.3 is 7.12 Å². The van der Waals surface area contributed by atoms with Crippen molar-refractivity contribution in [2.24, 2.45) is 11.8 Å². The fourth-order valence-corrected chi connectivity index (χ4v) is 4.88. The van der Waals surface area contributed by atoms with E-state index in [4.69, 9.17) is 14.0 Å². The Morgan fingerprint density at radius 3 is 2.61 bits per heavy atom. The first kappa shape index (κ1) is 20.6. The highest BCUT2D eigenvalue weighted by Crippen LogP contribution is 2.61. The minimum Gasteiger partial charge on any atom is -0.473 e. The Bertz CT molecular complexity index is 1050. The van der Waals surface area contributed by atoms with E-state index in [1.54, 1.807) is 19.1 Å². The Labute approximate surface area is 182 Å². The summed E-state index contributed by atoms with van der Waals surface area (Å²) in [5.74, 6) is 1.29. The molecule has 5 nitrogen and oxygen atoms in total. The van der Waals surface area contributed by atoms with Crippen molar-refractivity contribution in [1.82, 2.24) is 4.98 Å². The van der Waals surface area contributed by atoms with Crippen molar-refractivity contribution in [1.29, 1.82) is 0 Å². The quantitative estimate of drug-likeness (QED) is 0.689. The molecule has 3 aliphatic rings. The van der Waals surface area contributed by atoms with Crippen molar-refractivity contribution in [3.8, 4) is 5.88 Å². The first-order valence-corrected chi connectivity index (χ1v) is 10.8. The third-order valence-electron chi connectivity index (χ3n) is 7.42. The Morgan fingerprint density at radius 1 is 1.23 bits per heavy atom. The number of rotatable bonds is 5. The zero-order valence-corrected chi connectivity index (χ0v) is 18.6. The van der Waals surface area contributed by atoms with Crippen LogP contribution in [0.4, 0.5) is 4.39 Å². The molecule has 0 N–H and O–H groups in total. The second-order valence-electron chi connectivity index (χ2n) is 9.98. The van der Waals surface area contributed by atoms with Crippen LogP contribution < -0.4 is 10.2 Å². The number of ether oxygens (including phenoxy) is 1. The molecule has 2 aromatic rings. The summed E-state index contributed by atoms with van der Waals surface area (Å²) in [4.78, 5) is 16.1. The van der Waals surface area contributed by atoms with Crippen molar-refractivity contribution < 1.29 is 23.2 Å². The van der Waals surface area contributed by atoms with Gasteiger partial charge in [-0.15, -0.1) is 0 Å². The van der Waals surface area contributed by atoms with Gasteiger partial charge in [0.2, 0.25) is 5.88 Å². The fourth-order valence-electron chi connectivity index (χ4n) is 4.88. The van der Waals surface area contributed by atoms with Crippen molar-refractivity contribution in [3.63, 3.8) is 0 Å². The maximum absolute atomic E-state index is 14.4. The minimum atomic E-state index is -0.552. The molecule has 0 amide bonds. The van der Waals surface area contributed by atoms with E-state index < -0.39 is 18.3 Å². The van der Waals surface area contributed by atoms with Crippen LogP contribution >= 0.6 is 0 Å². The van der Waals surface area contributed by atoms with E-state index in [1.807, 2.05) is 40.0 Å². The summed E-state index contributed by atoms with van der Waals surface area (Å²) in [6, 6.07) is 6.77. The number of halogens is 1. The van der Waals surface area contributed by atoms with Gasteiger partial charge in [0.1, 0.15) is 18.2 Å². The molecule has 1 aromatic carbocycles. The average molecular weight is 423 g/mol. The first-order valence-electron chi connectivity index (χ1n) is 10.8. The van der Waals surface area contributed by atoms with Crippen molar-refractivity contribution >= 4 is 18.4 Å². The lowest BCUT2D eigenvalue weighted by molar-refractivity contribution is -0.118. The van der Waals surface area contributed by atoms with Gasteiger partial charge in [0, 0.05) is 23.7 Å². The Morgan fingerprint density at radius 2 is 1.94 bits per heavy atom. The molecule has 3 atom stereocenters. The second kappa shape index (κ2) is 6.88. The molecule has 5 rings (SSSR count). The number of pyridine rings is 1. The van der Waals surface area contributed by atoms with E-state index in [-0.39, 0.29) is 24.1 Å². The maximum Gasteiger partial charge on any atom is 0.494 e. The van der Waals surface area contributed by atoms with Crippen molar-refractivity contribution in [2.75, 3.05) is 0 Å². The van der Waals surface area contributed by atoms with Gasteiger partial charge in [-0.05, 0) is 75.5 Å². The average Bonchev–Trinajstić information content (AvgIpc) is 3.21. The highest BCUT2D eigenvalue weighted by molar-refractivity contribution is 6.62. The van der Waals surface area contributed by atoms with Crippen molar-refractivity contribution in [3.05, 3.63) is 53.0 Å². The SMILES string of the molecule is CC(=O)[C@H]1[C@@H]2Cc3cc(OCc4cc(B5OC(C)(C)C(C)(C)O5)ccc4F)ncc3[C@@H]21. The summed E-state index contributed by atoms with van der Waals surface area (Å²) >= 11 is 0. The largest absolute Gasteiger partial charge is 0.494 e. The summed E-state index contributed by atoms with van der Waals surface area (Å²) in [6.07, 6.45) is 2.70. The number of benzene rings is 1. The summed E-state index contributed by atoms with van der Waals surface area (Å²) in [6.45, 7) is 9.68. The molecule has 1 saturated carbocycles. The number of carbonyl (C=O) groups excluding carboxylic acids is 1. The molecule has 0 spiro atoms. The molecule has 7 heteroatoms. The predicted molar refractivity (Wildman–Crippen MR) is 115 cm³/mol. The van der Waals surface area contributed by atoms with E-state index >= 15 is 0 Å². The van der Waals surface area contributed by atoms with Crippen LogP contribution in [0, 0.1) is 17.7 Å². The van der Waals surface area contributed by atoms with Gasteiger partial charge < -0.3 is 14.0 Å². The lowest BCUT2D eigenvalue weighted by Gasteiger charge is -2.32.